The molecule has 112 valence electrons. The van der Waals surface area contributed by atoms with Crippen molar-refractivity contribution in [3.05, 3.63) is 42.2 Å². The molecule has 0 aliphatic heterocycles. The second-order valence-corrected chi connectivity index (χ2v) is 5.04. The molecule has 21 heavy (non-hydrogen) atoms. The van der Waals surface area contributed by atoms with Gasteiger partial charge in [-0.1, -0.05) is 12.1 Å². The summed E-state index contributed by atoms with van der Waals surface area (Å²) in [5, 5.41) is 11.2. The maximum Gasteiger partial charge on any atom is 0.170 e. The molecule has 1 aromatic carbocycles. The molecule has 2 N–H and O–H groups in total. The van der Waals surface area contributed by atoms with Crippen LogP contribution in [-0.4, -0.2) is 28.5 Å². The van der Waals surface area contributed by atoms with Crippen LogP contribution < -0.4 is 15.4 Å². The Hall–Kier alpha value is -2.08. The van der Waals surface area contributed by atoms with Gasteiger partial charge in [0.1, 0.15) is 5.75 Å². The van der Waals surface area contributed by atoms with Gasteiger partial charge in [-0.05, 0) is 43.8 Å². The molecule has 0 atom stereocenters. The van der Waals surface area contributed by atoms with Gasteiger partial charge in [-0.25, -0.2) is 0 Å². The van der Waals surface area contributed by atoms with Gasteiger partial charge in [-0.3, -0.25) is 4.68 Å². The standard InChI is InChI=1S/C15H20N4OS/c1-12-8-10-17-19(12)11-5-9-16-15(21)18-13-6-3-4-7-14(13)20-2/h3-4,6-8,10H,5,9,11H2,1-2H3,(H2,16,18,21). The third kappa shape index (κ3) is 4.46. The largest absolute Gasteiger partial charge is 0.495 e. The van der Waals surface area contributed by atoms with E-state index in [9.17, 15) is 0 Å². The number of nitrogens with one attached hydrogen (secondary N) is 2. The molecule has 1 aromatic heterocycles. The summed E-state index contributed by atoms with van der Waals surface area (Å²) in [4.78, 5) is 0. The van der Waals surface area contributed by atoms with Crippen molar-refractivity contribution in [3.63, 3.8) is 0 Å². The molecule has 0 aliphatic carbocycles. The lowest BCUT2D eigenvalue weighted by molar-refractivity contribution is 0.417. The van der Waals surface area contributed by atoms with E-state index >= 15 is 0 Å². The van der Waals surface area contributed by atoms with Crippen LogP contribution >= 0.6 is 12.2 Å². The minimum absolute atomic E-state index is 0.594. The molecule has 2 aromatic rings. The highest BCUT2D eigenvalue weighted by atomic mass is 32.1. The van der Waals surface area contributed by atoms with Gasteiger partial charge in [0, 0.05) is 25.0 Å². The first-order valence-electron chi connectivity index (χ1n) is 6.87. The quantitative estimate of drug-likeness (QED) is 0.634. The first kappa shape index (κ1) is 15.3. The molecule has 0 saturated heterocycles. The molecule has 0 fully saturated rings. The molecular formula is C15H20N4OS. The molecule has 0 saturated carbocycles. The summed E-state index contributed by atoms with van der Waals surface area (Å²) in [5.74, 6) is 0.772. The van der Waals surface area contributed by atoms with Gasteiger partial charge in [-0.2, -0.15) is 5.10 Å². The van der Waals surface area contributed by atoms with E-state index in [1.807, 2.05) is 48.1 Å². The van der Waals surface area contributed by atoms with Gasteiger partial charge in [0.25, 0.3) is 0 Å². The zero-order valence-electron chi connectivity index (χ0n) is 12.3. The fourth-order valence-corrected chi connectivity index (χ4v) is 2.19. The van der Waals surface area contributed by atoms with Crippen LogP contribution in [0.4, 0.5) is 5.69 Å². The molecule has 0 spiro atoms. The lowest BCUT2D eigenvalue weighted by Gasteiger charge is -2.13. The molecule has 0 aliphatic rings. The number of ether oxygens (including phenoxy) is 1. The molecule has 2 rings (SSSR count). The van der Waals surface area contributed by atoms with Gasteiger partial charge in [0.2, 0.25) is 0 Å². The van der Waals surface area contributed by atoms with Gasteiger partial charge in [-0.15, -0.1) is 0 Å². The highest BCUT2D eigenvalue weighted by Gasteiger charge is 2.03. The van der Waals surface area contributed by atoms with Crippen molar-refractivity contribution in [1.82, 2.24) is 15.1 Å². The lowest BCUT2D eigenvalue weighted by Crippen LogP contribution is -2.30. The fourth-order valence-electron chi connectivity index (χ4n) is 1.98. The van der Waals surface area contributed by atoms with E-state index in [2.05, 4.69) is 15.7 Å². The molecule has 0 bridgehead atoms. The Morgan fingerprint density at radius 3 is 2.86 bits per heavy atom. The summed E-state index contributed by atoms with van der Waals surface area (Å²) in [6.07, 6.45) is 2.77. The van der Waals surface area contributed by atoms with E-state index in [1.54, 1.807) is 7.11 Å². The van der Waals surface area contributed by atoms with E-state index in [4.69, 9.17) is 17.0 Å². The lowest BCUT2D eigenvalue weighted by atomic mass is 10.3. The predicted octanol–water partition coefficient (Wildman–Crippen LogP) is 2.58. The van der Waals surface area contributed by atoms with Crippen molar-refractivity contribution in [2.75, 3.05) is 19.0 Å². The fraction of sp³-hybridized carbons (Fsp3) is 0.333. The molecule has 0 unspecified atom stereocenters. The first-order valence-corrected chi connectivity index (χ1v) is 7.28. The number of rotatable bonds is 6. The Kier molecular flexibility index (Phi) is 5.57. The zero-order valence-corrected chi connectivity index (χ0v) is 13.1. The predicted molar refractivity (Wildman–Crippen MR) is 88.8 cm³/mol. The van der Waals surface area contributed by atoms with Crippen molar-refractivity contribution in [1.29, 1.82) is 0 Å². The maximum absolute atomic E-state index is 5.28. The van der Waals surface area contributed by atoms with Crippen LogP contribution in [0.1, 0.15) is 12.1 Å². The van der Waals surface area contributed by atoms with Crippen molar-refractivity contribution in [2.45, 2.75) is 19.9 Å². The third-order valence-corrected chi connectivity index (χ3v) is 3.36. The maximum atomic E-state index is 5.28. The van der Waals surface area contributed by atoms with Crippen molar-refractivity contribution >= 4 is 23.0 Å². The van der Waals surface area contributed by atoms with E-state index < -0.39 is 0 Å². The average molecular weight is 304 g/mol. The van der Waals surface area contributed by atoms with Crippen LogP contribution in [0.2, 0.25) is 0 Å². The number of anilines is 1. The van der Waals surface area contributed by atoms with Crippen LogP contribution in [0, 0.1) is 6.92 Å². The van der Waals surface area contributed by atoms with Gasteiger partial charge < -0.3 is 15.4 Å². The van der Waals surface area contributed by atoms with Crippen LogP contribution in [0.15, 0.2) is 36.5 Å². The number of hydrogen-bond acceptors (Lipinski definition) is 3. The summed E-state index contributed by atoms with van der Waals surface area (Å²) in [7, 11) is 1.64. The summed E-state index contributed by atoms with van der Waals surface area (Å²) < 4.78 is 7.26. The third-order valence-electron chi connectivity index (χ3n) is 3.12. The monoisotopic (exact) mass is 304 g/mol. The summed E-state index contributed by atoms with van der Waals surface area (Å²) in [6.45, 7) is 3.72. The van der Waals surface area contributed by atoms with E-state index in [1.165, 1.54) is 5.69 Å². The number of thiocarbonyl (C=S) groups is 1. The van der Waals surface area contributed by atoms with Crippen molar-refractivity contribution in [2.24, 2.45) is 0 Å². The number of para-hydroxylation sites is 2. The minimum atomic E-state index is 0.594. The Labute approximate surface area is 130 Å². The van der Waals surface area contributed by atoms with Crippen molar-refractivity contribution in [3.8, 4) is 5.75 Å². The topological polar surface area (TPSA) is 51.1 Å². The van der Waals surface area contributed by atoms with Crippen LogP contribution in [0.25, 0.3) is 0 Å². The Morgan fingerprint density at radius 2 is 2.14 bits per heavy atom. The smallest absolute Gasteiger partial charge is 0.170 e. The highest BCUT2D eigenvalue weighted by molar-refractivity contribution is 7.80. The second-order valence-electron chi connectivity index (χ2n) is 4.63. The first-order chi connectivity index (χ1) is 10.2. The number of methoxy groups -OCH3 is 1. The molecule has 5 nitrogen and oxygen atoms in total. The van der Waals surface area contributed by atoms with E-state index in [-0.39, 0.29) is 0 Å². The highest BCUT2D eigenvalue weighted by Crippen LogP contribution is 2.22. The van der Waals surface area contributed by atoms with Gasteiger partial charge in [0.05, 0.1) is 12.8 Å². The Morgan fingerprint density at radius 1 is 1.33 bits per heavy atom. The minimum Gasteiger partial charge on any atom is -0.495 e. The van der Waals surface area contributed by atoms with E-state index in [0.29, 0.717) is 5.11 Å². The Balaban J connectivity index is 1.74. The molecule has 0 amide bonds. The van der Waals surface area contributed by atoms with Crippen LogP contribution in [0.3, 0.4) is 0 Å². The van der Waals surface area contributed by atoms with Crippen LogP contribution in [0.5, 0.6) is 5.75 Å². The van der Waals surface area contributed by atoms with Crippen LogP contribution in [-0.2, 0) is 6.54 Å². The number of nitrogens with zero attached hydrogens (tertiary/aromatic N) is 2. The Bertz CT molecular complexity index is 597. The number of benzene rings is 1. The zero-order chi connectivity index (χ0) is 15.1. The second kappa shape index (κ2) is 7.64. The number of aryl methyl sites for hydroxylation is 2. The number of hydrogen-bond donors (Lipinski definition) is 2. The summed E-state index contributed by atoms with van der Waals surface area (Å²) in [6, 6.07) is 9.69. The molecular weight excluding hydrogens is 284 g/mol. The average Bonchev–Trinajstić information content (AvgIpc) is 2.89. The van der Waals surface area contributed by atoms with Gasteiger partial charge in [0.15, 0.2) is 5.11 Å². The summed E-state index contributed by atoms with van der Waals surface area (Å²) in [5.41, 5.74) is 2.03. The summed E-state index contributed by atoms with van der Waals surface area (Å²) >= 11 is 5.28. The molecule has 1 heterocycles. The SMILES string of the molecule is COc1ccccc1NC(=S)NCCCn1nccc1C. The molecule has 6 heteroatoms. The number of aromatic nitrogens is 2. The van der Waals surface area contributed by atoms with Crippen molar-refractivity contribution < 1.29 is 4.74 Å². The van der Waals surface area contributed by atoms with Gasteiger partial charge >= 0.3 is 0 Å². The normalized spacial score (nSPS) is 10.2. The molecule has 0 radical (unpaired) electrons. The van der Waals surface area contributed by atoms with E-state index in [0.717, 1.165) is 30.9 Å².